The number of nitrogens with one attached hydrogen (secondary N) is 1. The lowest BCUT2D eigenvalue weighted by Gasteiger charge is -2.27. The lowest BCUT2D eigenvalue weighted by molar-refractivity contribution is 0.305. The quantitative estimate of drug-likeness (QED) is 0.790. The van der Waals surface area contributed by atoms with Crippen molar-refractivity contribution in [3.63, 3.8) is 0 Å². The Morgan fingerprint density at radius 3 is 2.58 bits per heavy atom. The summed E-state index contributed by atoms with van der Waals surface area (Å²) in [4.78, 5) is 0. The summed E-state index contributed by atoms with van der Waals surface area (Å²) in [7, 11) is 0. The number of halogens is 2. The summed E-state index contributed by atoms with van der Waals surface area (Å²) in [6.45, 7) is 9.73. The van der Waals surface area contributed by atoms with Gasteiger partial charge in [0, 0.05) is 6.04 Å². The molecule has 0 radical (unpaired) electrons. The van der Waals surface area contributed by atoms with Crippen molar-refractivity contribution in [2.75, 3.05) is 6.54 Å². The van der Waals surface area contributed by atoms with Crippen LogP contribution in [0.2, 0.25) is 5.02 Å². The van der Waals surface area contributed by atoms with Crippen LogP contribution in [-0.2, 0) is 6.42 Å². The standard InChI is InChI=1S/C16H25ClFN/c1-5-9-19-13(11-16(2,3)4)10-12-7-6-8-14(17)15(12)18/h6-8,13,19H,5,9-11H2,1-4H3. The molecule has 0 heterocycles. The van der Waals surface area contributed by atoms with Gasteiger partial charge in [0.25, 0.3) is 0 Å². The SMILES string of the molecule is CCCNC(Cc1cccc(Cl)c1F)CC(C)(C)C. The first kappa shape index (κ1) is 16.5. The number of hydrogen-bond donors (Lipinski definition) is 1. The molecule has 1 aromatic carbocycles. The van der Waals surface area contributed by atoms with Crippen LogP contribution in [-0.4, -0.2) is 12.6 Å². The Labute approximate surface area is 121 Å². The van der Waals surface area contributed by atoms with Gasteiger partial charge in [-0.3, -0.25) is 0 Å². The fraction of sp³-hybridized carbons (Fsp3) is 0.625. The number of hydrogen-bond acceptors (Lipinski definition) is 1. The van der Waals surface area contributed by atoms with Gasteiger partial charge in [0.05, 0.1) is 5.02 Å². The largest absolute Gasteiger partial charge is 0.314 e. The second kappa shape index (κ2) is 7.25. The zero-order valence-corrected chi connectivity index (χ0v) is 13.1. The molecule has 19 heavy (non-hydrogen) atoms. The highest BCUT2D eigenvalue weighted by Gasteiger charge is 2.20. The van der Waals surface area contributed by atoms with E-state index in [1.165, 1.54) is 0 Å². The van der Waals surface area contributed by atoms with Gasteiger partial charge in [-0.05, 0) is 42.9 Å². The van der Waals surface area contributed by atoms with Crippen LogP contribution in [0.15, 0.2) is 18.2 Å². The molecule has 1 rings (SSSR count). The van der Waals surface area contributed by atoms with Crippen molar-refractivity contribution in [2.24, 2.45) is 5.41 Å². The molecule has 1 atom stereocenters. The molecule has 1 unspecified atom stereocenters. The van der Waals surface area contributed by atoms with Gasteiger partial charge in [-0.2, -0.15) is 0 Å². The maximum absolute atomic E-state index is 14.0. The van der Waals surface area contributed by atoms with Crippen LogP contribution in [0.25, 0.3) is 0 Å². The van der Waals surface area contributed by atoms with E-state index in [1.54, 1.807) is 6.07 Å². The second-order valence-corrected chi connectivity index (χ2v) is 6.74. The molecule has 0 saturated heterocycles. The highest BCUT2D eigenvalue weighted by molar-refractivity contribution is 6.30. The summed E-state index contributed by atoms with van der Waals surface area (Å²) in [6, 6.07) is 5.52. The minimum absolute atomic E-state index is 0.211. The molecule has 1 nitrogen and oxygen atoms in total. The molecule has 0 aromatic heterocycles. The van der Waals surface area contributed by atoms with Crippen molar-refractivity contribution in [1.82, 2.24) is 5.32 Å². The molecule has 0 spiro atoms. The predicted molar refractivity (Wildman–Crippen MR) is 81.3 cm³/mol. The lowest BCUT2D eigenvalue weighted by atomic mass is 9.85. The molecule has 0 amide bonds. The fourth-order valence-electron chi connectivity index (χ4n) is 2.28. The van der Waals surface area contributed by atoms with Crippen LogP contribution in [0.4, 0.5) is 4.39 Å². The van der Waals surface area contributed by atoms with Crippen LogP contribution in [0.3, 0.4) is 0 Å². The van der Waals surface area contributed by atoms with Crippen molar-refractivity contribution in [3.05, 3.63) is 34.6 Å². The van der Waals surface area contributed by atoms with Gasteiger partial charge in [0.15, 0.2) is 0 Å². The summed E-state index contributed by atoms with van der Waals surface area (Å²) < 4.78 is 14.0. The third-order valence-electron chi connectivity index (χ3n) is 3.04. The first-order chi connectivity index (χ1) is 8.83. The van der Waals surface area contributed by atoms with Crippen LogP contribution >= 0.6 is 11.6 Å². The third kappa shape index (κ3) is 5.92. The maximum atomic E-state index is 14.0. The minimum Gasteiger partial charge on any atom is -0.314 e. The second-order valence-electron chi connectivity index (χ2n) is 6.33. The van der Waals surface area contributed by atoms with Crippen LogP contribution in [0.1, 0.15) is 46.1 Å². The molecule has 1 aromatic rings. The third-order valence-corrected chi connectivity index (χ3v) is 3.33. The highest BCUT2D eigenvalue weighted by atomic mass is 35.5. The Kier molecular flexibility index (Phi) is 6.28. The first-order valence-electron chi connectivity index (χ1n) is 6.99. The van der Waals surface area contributed by atoms with E-state index >= 15 is 0 Å². The Morgan fingerprint density at radius 1 is 1.32 bits per heavy atom. The topological polar surface area (TPSA) is 12.0 Å². The molecular weight excluding hydrogens is 261 g/mol. The smallest absolute Gasteiger partial charge is 0.145 e. The summed E-state index contributed by atoms with van der Waals surface area (Å²) in [5, 5.41) is 3.72. The summed E-state index contributed by atoms with van der Waals surface area (Å²) in [5.74, 6) is -0.277. The minimum atomic E-state index is -0.277. The lowest BCUT2D eigenvalue weighted by Crippen LogP contribution is -2.35. The van der Waals surface area contributed by atoms with E-state index in [2.05, 4.69) is 33.0 Å². The summed E-state index contributed by atoms with van der Waals surface area (Å²) >= 11 is 5.84. The van der Waals surface area contributed by atoms with Crippen molar-refractivity contribution in [2.45, 2.75) is 53.0 Å². The van der Waals surface area contributed by atoms with Crippen molar-refractivity contribution >= 4 is 11.6 Å². The molecule has 3 heteroatoms. The molecule has 0 fully saturated rings. The van der Waals surface area contributed by atoms with Crippen molar-refractivity contribution < 1.29 is 4.39 Å². The molecule has 0 aliphatic rings. The van der Waals surface area contributed by atoms with Crippen LogP contribution in [0, 0.1) is 11.2 Å². The van der Waals surface area contributed by atoms with E-state index in [1.807, 2.05) is 12.1 Å². The molecule has 0 bridgehead atoms. The molecule has 108 valence electrons. The van der Waals surface area contributed by atoms with Crippen LogP contribution in [0.5, 0.6) is 0 Å². The Morgan fingerprint density at radius 2 is 2.00 bits per heavy atom. The van der Waals surface area contributed by atoms with E-state index in [0.717, 1.165) is 19.4 Å². The Balaban J connectivity index is 2.78. The molecule has 0 aliphatic carbocycles. The zero-order valence-electron chi connectivity index (χ0n) is 12.4. The van der Waals surface area contributed by atoms with Gasteiger partial charge in [-0.1, -0.05) is 51.4 Å². The molecular formula is C16H25ClFN. The Bertz CT molecular complexity index is 398. The average molecular weight is 286 g/mol. The van der Waals surface area contributed by atoms with Crippen molar-refractivity contribution in [3.8, 4) is 0 Å². The summed E-state index contributed by atoms with van der Waals surface area (Å²) in [6.07, 6.45) is 2.78. The van der Waals surface area contributed by atoms with Crippen molar-refractivity contribution in [1.29, 1.82) is 0 Å². The monoisotopic (exact) mass is 285 g/mol. The van der Waals surface area contributed by atoms with E-state index in [-0.39, 0.29) is 22.3 Å². The fourth-order valence-corrected chi connectivity index (χ4v) is 2.47. The average Bonchev–Trinajstić information content (AvgIpc) is 2.30. The van der Waals surface area contributed by atoms with Gasteiger partial charge in [0.1, 0.15) is 5.82 Å². The van der Waals surface area contributed by atoms with E-state index < -0.39 is 0 Å². The first-order valence-corrected chi connectivity index (χ1v) is 7.37. The predicted octanol–water partition coefficient (Wildman–Crippen LogP) is 4.83. The van der Waals surface area contributed by atoms with Crippen LogP contribution < -0.4 is 5.32 Å². The van der Waals surface area contributed by atoms with E-state index in [9.17, 15) is 4.39 Å². The highest BCUT2D eigenvalue weighted by Crippen LogP contribution is 2.25. The van der Waals surface area contributed by atoms with Gasteiger partial charge in [0.2, 0.25) is 0 Å². The maximum Gasteiger partial charge on any atom is 0.145 e. The van der Waals surface area contributed by atoms with Gasteiger partial charge < -0.3 is 5.32 Å². The van der Waals surface area contributed by atoms with Gasteiger partial charge >= 0.3 is 0 Å². The van der Waals surface area contributed by atoms with E-state index in [4.69, 9.17) is 11.6 Å². The summed E-state index contributed by atoms with van der Waals surface area (Å²) in [5.41, 5.74) is 0.922. The van der Waals surface area contributed by atoms with Gasteiger partial charge in [-0.15, -0.1) is 0 Å². The molecule has 0 aliphatic heterocycles. The molecule has 1 N–H and O–H groups in total. The van der Waals surface area contributed by atoms with Gasteiger partial charge in [-0.25, -0.2) is 4.39 Å². The van der Waals surface area contributed by atoms with E-state index in [0.29, 0.717) is 12.0 Å². The normalized spacial score (nSPS) is 13.6. The Hall–Kier alpha value is -0.600. The number of rotatable bonds is 6. The number of benzene rings is 1. The molecule has 0 saturated carbocycles. The zero-order chi connectivity index (χ0) is 14.5.